The Hall–Kier alpha value is -2.49. The van der Waals surface area contributed by atoms with Crippen molar-refractivity contribution < 1.29 is 37.3 Å². The maximum absolute atomic E-state index is 12.4. The summed E-state index contributed by atoms with van der Waals surface area (Å²) in [6.07, 6.45) is -5.08. The largest absolute Gasteiger partial charge is 0.493 e. The molecule has 1 amide bonds. The minimum Gasteiger partial charge on any atom is -0.493 e. The highest BCUT2D eigenvalue weighted by Crippen LogP contribution is 2.31. The van der Waals surface area contributed by atoms with Gasteiger partial charge in [0.2, 0.25) is 0 Å². The number of hydrogen-bond acceptors (Lipinski definition) is 5. The molecule has 0 bridgehead atoms. The Labute approximate surface area is 142 Å². The van der Waals surface area contributed by atoms with Gasteiger partial charge in [-0.25, -0.2) is 4.79 Å². The van der Waals surface area contributed by atoms with Gasteiger partial charge in [0.1, 0.15) is 0 Å². The monoisotopic (exact) mass is 364 g/mol. The lowest BCUT2D eigenvalue weighted by Gasteiger charge is -2.28. The second kappa shape index (κ2) is 9.11. The first kappa shape index (κ1) is 20.6. The molecule has 0 unspecified atom stereocenters. The number of carbonyl (C=O) groups excluding carboxylic acids is 1. The second-order valence-electron chi connectivity index (χ2n) is 4.89. The van der Waals surface area contributed by atoms with Gasteiger partial charge in [0.15, 0.2) is 11.5 Å². The number of carboxylic acid groups (broad SMARTS) is 1. The number of hydrogen-bond donors (Lipinski definition) is 2. The molecule has 1 aromatic rings. The molecule has 7 nitrogen and oxygen atoms in total. The maximum atomic E-state index is 12.4. The van der Waals surface area contributed by atoms with E-state index in [0.717, 1.165) is 26.2 Å². The Kier molecular flexibility index (Phi) is 7.49. The summed E-state index contributed by atoms with van der Waals surface area (Å²) in [7, 11) is 3.11. The molecule has 1 saturated heterocycles. The number of nitrogens with one attached hydrogen (secondary N) is 1. The van der Waals surface area contributed by atoms with E-state index in [0.29, 0.717) is 17.1 Å². The van der Waals surface area contributed by atoms with Crippen LogP contribution in [0.1, 0.15) is 10.4 Å². The van der Waals surface area contributed by atoms with Gasteiger partial charge in [0.25, 0.3) is 5.91 Å². The molecule has 2 N–H and O–H groups in total. The third-order valence-corrected chi connectivity index (χ3v) is 3.28. The lowest BCUT2D eigenvalue weighted by molar-refractivity contribution is -0.192. The van der Waals surface area contributed by atoms with Crippen molar-refractivity contribution in [3.63, 3.8) is 0 Å². The standard InChI is InChI=1S/C13H18N2O3.C2HF3O2/c1-17-11-5-3-4-10(12(11)18-2)13(16)15-8-6-14-7-9-15;3-2(4,5)1(6)7/h3-5,14H,6-9H2,1-2H3;(H,6,7). The molecule has 0 radical (unpaired) electrons. The number of rotatable bonds is 3. The summed E-state index contributed by atoms with van der Waals surface area (Å²) in [6.45, 7) is 3.11. The van der Waals surface area contributed by atoms with E-state index >= 15 is 0 Å². The average Bonchev–Trinajstić information content (AvgIpc) is 2.60. The van der Waals surface area contributed by atoms with E-state index in [1.54, 1.807) is 32.4 Å². The number of nitrogens with zero attached hydrogens (tertiary/aromatic N) is 1. The number of carbonyl (C=O) groups is 2. The molecule has 1 aliphatic rings. The Morgan fingerprint density at radius 3 is 2.16 bits per heavy atom. The Morgan fingerprint density at radius 1 is 1.16 bits per heavy atom. The predicted octanol–water partition coefficient (Wildman–Crippen LogP) is 1.38. The van der Waals surface area contributed by atoms with E-state index in [9.17, 15) is 18.0 Å². The van der Waals surface area contributed by atoms with Gasteiger partial charge in [-0.1, -0.05) is 6.07 Å². The highest BCUT2D eigenvalue weighted by Gasteiger charge is 2.38. The normalized spacial score (nSPS) is 14.2. The summed E-state index contributed by atoms with van der Waals surface area (Å²) in [4.78, 5) is 23.1. The van der Waals surface area contributed by atoms with Crippen molar-refractivity contribution in [2.45, 2.75) is 6.18 Å². The van der Waals surface area contributed by atoms with Gasteiger partial charge in [-0.15, -0.1) is 0 Å². The number of benzene rings is 1. The summed E-state index contributed by atoms with van der Waals surface area (Å²) >= 11 is 0. The highest BCUT2D eigenvalue weighted by molar-refractivity contribution is 5.97. The first-order valence-corrected chi connectivity index (χ1v) is 7.23. The van der Waals surface area contributed by atoms with Gasteiger partial charge < -0.3 is 24.8 Å². The molecule has 1 aromatic carbocycles. The van der Waals surface area contributed by atoms with Gasteiger partial charge in [0, 0.05) is 26.2 Å². The molecule has 0 aliphatic carbocycles. The molecular weight excluding hydrogens is 345 g/mol. The minimum absolute atomic E-state index is 0.00718. The third kappa shape index (κ3) is 5.82. The molecular formula is C15H19F3N2O5. The van der Waals surface area contributed by atoms with Gasteiger partial charge in [-0.05, 0) is 12.1 Å². The number of alkyl halides is 3. The van der Waals surface area contributed by atoms with E-state index in [2.05, 4.69) is 5.32 Å². The van der Waals surface area contributed by atoms with Crippen LogP contribution >= 0.6 is 0 Å². The fraction of sp³-hybridized carbons (Fsp3) is 0.467. The van der Waals surface area contributed by atoms with Crippen LogP contribution in [0.5, 0.6) is 11.5 Å². The van der Waals surface area contributed by atoms with Crippen LogP contribution in [0.25, 0.3) is 0 Å². The number of ether oxygens (including phenoxy) is 2. The number of carboxylic acids is 1. The van der Waals surface area contributed by atoms with Crippen molar-refractivity contribution in [1.29, 1.82) is 0 Å². The smallest absolute Gasteiger partial charge is 0.490 e. The molecule has 1 fully saturated rings. The molecule has 10 heteroatoms. The molecule has 1 aliphatic heterocycles. The van der Waals surface area contributed by atoms with Crippen LogP contribution in [0.4, 0.5) is 13.2 Å². The van der Waals surface area contributed by atoms with Crippen LogP contribution in [0.2, 0.25) is 0 Å². The molecule has 1 heterocycles. The van der Waals surface area contributed by atoms with Crippen LogP contribution in [-0.2, 0) is 4.79 Å². The van der Waals surface area contributed by atoms with Crippen LogP contribution in [0.3, 0.4) is 0 Å². The first-order valence-electron chi connectivity index (χ1n) is 7.23. The summed E-state index contributed by atoms with van der Waals surface area (Å²) in [6, 6.07) is 5.36. The van der Waals surface area contributed by atoms with Crippen LogP contribution in [0, 0.1) is 0 Å². The molecule has 2 rings (SSSR count). The molecule has 0 saturated carbocycles. The van der Waals surface area contributed by atoms with E-state index in [4.69, 9.17) is 19.4 Å². The Balaban J connectivity index is 0.000000381. The van der Waals surface area contributed by atoms with Gasteiger partial charge >= 0.3 is 12.1 Å². The summed E-state index contributed by atoms with van der Waals surface area (Å²) in [5, 5.41) is 10.3. The maximum Gasteiger partial charge on any atom is 0.490 e. The van der Waals surface area contributed by atoms with Crippen molar-refractivity contribution in [3.05, 3.63) is 23.8 Å². The van der Waals surface area contributed by atoms with E-state index in [1.807, 2.05) is 4.90 Å². The lowest BCUT2D eigenvalue weighted by Crippen LogP contribution is -2.46. The molecule has 0 spiro atoms. The quantitative estimate of drug-likeness (QED) is 0.843. The van der Waals surface area contributed by atoms with Crippen molar-refractivity contribution in [2.24, 2.45) is 0 Å². The summed E-state index contributed by atoms with van der Waals surface area (Å²) in [5.74, 6) is -1.68. The zero-order chi connectivity index (χ0) is 19.0. The number of amides is 1. The number of halogens is 3. The predicted molar refractivity (Wildman–Crippen MR) is 82.0 cm³/mol. The summed E-state index contributed by atoms with van der Waals surface area (Å²) < 4.78 is 42.2. The highest BCUT2D eigenvalue weighted by atomic mass is 19.4. The number of para-hydroxylation sites is 1. The number of piperazine rings is 1. The number of aliphatic carboxylic acids is 1. The van der Waals surface area contributed by atoms with Gasteiger partial charge in [0.05, 0.1) is 19.8 Å². The van der Waals surface area contributed by atoms with Gasteiger partial charge in [-0.3, -0.25) is 4.79 Å². The van der Waals surface area contributed by atoms with Gasteiger partial charge in [-0.2, -0.15) is 13.2 Å². The lowest BCUT2D eigenvalue weighted by atomic mass is 10.1. The van der Waals surface area contributed by atoms with Crippen molar-refractivity contribution in [3.8, 4) is 11.5 Å². The molecule has 25 heavy (non-hydrogen) atoms. The van der Waals surface area contributed by atoms with Crippen LogP contribution < -0.4 is 14.8 Å². The van der Waals surface area contributed by atoms with Crippen molar-refractivity contribution in [1.82, 2.24) is 10.2 Å². The second-order valence-corrected chi connectivity index (χ2v) is 4.89. The number of methoxy groups -OCH3 is 2. The Morgan fingerprint density at radius 2 is 1.72 bits per heavy atom. The molecule has 0 atom stereocenters. The Bertz CT molecular complexity index is 601. The third-order valence-electron chi connectivity index (χ3n) is 3.28. The van der Waals surface area contributed by atoms with Crippen molar-refractivity contribution in [2.75, 3.05) is 40.4 Å². The summed E-state index contributed by atoms with van der Waals surface area (Å²) in [5.41, 5.74) is 0.554. The average molecular weight is 364 g/mol. The fourth-order valence-electron chi connectivity index (χ4n) is 2.09. The first-order chi connectivity index (χ1) is 11.7. The minimum atomic E-state index is -5.08. The topological polar surface area (TPSA) is 88.1 Å². The van der Waals surface area contributed by atoms with Crippen LogP contribution in [-0.4, -0.2) is 68.5 Å². The van der Waals surface area contributed by atoms with E-state index in [-0.39, 0.29) is 5.91 Å². The zero-order valence-corrected chi connectivity index (χ0v) is 13.7. The molecule has 0 aromatic heterocycles. The van der Waals surface area contributed by atoms with E-state index in [1.165, 1.54) is 0 Å². The fourth-order valence-corrected chi connectivity index (χ4v) is 2.09. The van der Waals surface area contributed by atoms with Crippen LogP contribution in [0.15, 0.2) is 18.2 Å². The van der Waals surface area contributed by atoms with E-state index < -0.39 is 12.1 Å². The molecule has 140 valence electrons. The SMILES string of the molecule is COc1cccc(C(=O)N2CCNCC2)c1OC.O=C(O)C(F)(F)F. The van der Waals surface area contributed by atoms with Crippen molar-refractivity contribution >= 4 is 11.9 Å². The zero-order valence-electron chi connectivity index (χ0n) is 13.7.